The van der Waals surface area contributed by atoms with Gasteiger partial charge in [-0.25, -0.2) is 13.5 Å². The third-order valence-electron chi connectivity index (χ3n) is 5.87. The number of nitrogens with zero attached hydrogens (tertiary/aromatic N) is 3. The Morgan fingerprint density at radius 2 is 2.00 bits per heavy atom. The SMILES string of the molecule is CCNCC1CCN(C(=O)c2nn(-c3ccc(F)c(F)c3)c3c2CCC3)CC1. The predicted octanol–water partition coefficient (Wildman–Crippen LogP) is 3.10. The summed E-state index contributed by atoms with van der Waals surface area (Å²) in [5, 5.41) is 7.92. The average molecular weight is 388 g/mol. The molecule has 2 aliphatic rings. The Morgan fingerprint density at radius 1 is 1.21 bits per heavy atom. The molecule has 1 amide bonds. The van der Waals surface area contributed by atoms with Gasteiger partial charge in [-0.2, -0.15) is 5.10 Å². The van der Waals surface area contributed by atoms with Crippen LogP contribution in [0.25, 0.3) is 5.69 Å². The molecule has 150 valence electrons. The molecule has 0 bridgehead atoms. The molecule has 0 unspecified atom stereocenters. The minimum Gasteiger partial charge on any atom is -0.337 e. The molecule has 7 heteroatoms. The molecular formula is C21H26F2N4O. The fourth-order valence-electron chi connectivity index (χ4n) is 4.28. The average Bonchev–Trinajstić information content (AvgIpc) is 3.31. The molecule has 4 rings (SSSR count). The Morgan fingerprint density at radius 3 is 2.71 bits per heavy atom. The van der Waals surface area contributed by atoms with Crippen LogP contribution in [0.5, 0.6) is 0 Å². The molecule has 1 aliphatic carbocycles. The van der Waals surface area contributed by atoms with Gasteiger partial charge in [0.2, 0.25) is 0 Å². The van der Waals surface area contributed by atoms with Crippen molar-refractivity contribution in [3.05, 3.63) is 46.8 Å². The highest BCUT2D eigenvalue weighted by Crippen LogP contribution is 2.30. The lowest BCUT2D eigenvalue weighted by molar-refractivity contribution is 0.0682. The van der Waals surface area contributed by atoms with Gasteiger partial charge in [-0.1, -0.05) is 6.92 Å². The summed E-state index contributed by atoms with van der Waals surface area (Å²) in [7, 11) is 0. The van der Waals surface area contributed by atoms with Crippen LogP contribution in [0.2, 0.25) is 0 Å². The summed E-state index contributed by atoms with van der Waals surface area (Å²) < 4.78 is 28.6. The molecule has 5 nitrogen and oxygen atoms in total. The maximum absolute atomic E-state index is 13.7. The van der Waals surface area contributed by atoms with Crippen LogP contribution in [0.3, 0.4) is 0 Å². The van der Waals surface area contributed by atoms with Gasteiger partial charge in [0.1, 0.15) is 0 Å². The van der Waals surface area contributed by atoms with Crippen LogP contribution in [0.4, 0.5) is 8.78 Å². The van der Waals surface area contributed by atoms with Crippen molar-refractivity contribution in [3.8, 4) is 5.69 Å². The smallest absolute Gasteiger partial charge is 0.274 e. The second-order valence-corrected chi connectivity index (χ2v) is 7.68. The number of benzene rings is 1. The molecular weight excluding hydrogens is 362 g/mol. The predicted molar refractivity (Wildman–Crippen MR) is 103 cm³/mol. The largest absolute Gasteiger partial charge is 0.337 e. The van der Waals surface area contributed by atoms with Gasteiger partial charge >= 0.3 is 0 Å². The van der Waals surface area contributed by atoms with Crippen LogP contribution in [0.1, 0.15) is 47.9 Å². The van der Waals surface area contributed by atoms with E-state index in [1.807, 2.05) is 4.90 Å². The number of aromatic nitrogens is 2. The third-order valence-corrected chi connectivity index (χ3v) is 5.87. The molecule has 28 heavy (non-hydrogen) atoms. The number of nitrogens with one attached hydrogen (secondary N) is 1. The first-order valence-electron chi connectivity index (χ1n) is 10.1. The van der Waals surface area contributed by atoms with Crippen molar-refractivity contribution < 1.29 is 13.6 Å². The van der Waals surface area contributed by atoms with E-state index in [-0.39, 0.29) is 5.91 Å². The van der Waals surface area contributed by atoms with Crippen LogP contribution in [0, 0.1) is 17.6 Å². The van der Waals surface area contributed by atoms with E-state index >= 15 is 0 Å². The van der Waals surface area contributed by atoms with Gasteiger partial charge in [-0.3, -0.25) is 4.79 Å². The fraction of sp³-hybridized carbons (Fsp3) is 0.524. The Labute approximate surface area is 163 Å². The van der Waals surface area contributed by atoms with Crippen LogP contribution >= 0.6 is 0 Å². The van der Waals surface area contributed by atoms with Crippen molar-refractivity contribution in [1.29, 1.82) is 0 Å². The molecule has 0 saturated carbocycles. The maximum atomic E-state index is 13.7. The second-order valence-electron chi connectivity index (χ2n) is 7.68. The van der Waals surface area contributed by atoms with Crippen molar-refractivity contribution >= 4 is 5.91 Å². The Bertz CT molecular complexity index is 872. The third kappa shape index (κ3) is 3.55. The molecule has 0 spiro atoms. The van der Waals surface area contributed by atoms with Crippen molar-refractivity contribution in [2.75, 3.05) is 26.2 Å². The molecule has 1 saturated heterocycles. The van der Waals surface area contributed by atoms with Gasteiger partial charge in [0.05, 0.1) is 5.69 Å². The van der Waals surface area contributed by atoms with E-state index in [9.17, 15) is 13.6 Å². The molecule has 0 atom stereocenters. The van der Waals surface area contributed by atoms with E-state index in [1.165, 1.54) is 6.07 Å². The first-order valence-corrected chi connectivity index (χ1v) is 10.1. The quantitative estimate of drug-likeness (QED) is 0.856. The van der Waals surface area contributed by atoms with Crippen LogP contribution in [-0.2, 0) is 12.8 Å². The highest BCUT2D eigenvalue weighted by atomic mass is 19.2. The normalized spacial score (nSPS) is 17.2. The highest BCUT2D eigenvalue weighted by molar-refractivity contribution is 5.94. The van der Waals surface area contributed by atoms with Crippen molar-refractivity contribution in [1.82, 2.24) is 20.0 Å². The highest BCUT2D eigenvalue weighted by Gasteiger charge is 2.31. The molecule has 1 aliphatic heterocycles. The molecule has 1 aromatic carbocycles. The van der Waals surface area contributed by atoms with Gasteiger partial charge in [-0.15, -0.1) is 0 Å². The monoisotopic (exact) mass is 388 g/mol. The number of hydrogen-bond acceptors (Lipinski definition) is 3. The number of halogens is 2. The summed E-state index contributed by atoms with van der Waals surface area (Å²) in [4.78, 5) is 15.0. The van der Waals surface area contributed by atoms with Crippen molar-refractivity contribution in [2.24, 2.45) is 5.92 Å². The van der Waals surface area contributed by atoms with Crippen molar-refractivity contribution in [3.63, 3.8) is 0 Å². The summed E-state index contributed by atoms with van der Waals surface area (Å²) >= 11 is 0. The van der Waals surface area contributed by atoms with E-state index in [0.29, 0.717) is 17.3 Å². The van der Waals surface area contributed by atoms with Gasteiger partial charge in [-0.05, 0) is 63.2 Å². The summed E-state index contributed by atoms with van der Waals surface area (Å²) in [5.74, 6) is -1.23. The number of hydrogen-bond donors (Lipinski definition) is 1. The summed E-state index contributed by atoms with van der Waals surface area (Å²) in [6, 6.07) is 3.75. The molecule has 2 heterocycles. The number of amides is 1. The lowest BCUT2D eigenvalue weighted by Gasteiger charge is -2.31. The Balaban J connectivity index is 1.56. The second kappa shape index (κ2) is 7.99. The zero-order valence-corrected chi connectivity index (χ0v) is 16.2. The number of rotatable bonds is 5. The minimum absolute atomic E-state index is 0.0404. The standard InChI is InChI=1S/C21H26F2N4O/c1-2-24-13-14-8-10-26(11-9-14)21(28)20-16-4-3-5-19(16)27(25-20)15-6-7-17(22)18(23)12-15/h6-7,12,14,24H,2-5,8-11,13H2,1H3. The van der Waals surface area contributed by atoms with Crippen molar-refractivity contribution in [2.45, 2.75) is 39.0 Å². The molecule has 2 aromatic rings. The number of fused-ring (bicyclic) bond motifs is 1. The first-order chi connectivity index (χ1) is 13.6. The van der Waals surface area contributed by atoms with Crippen LogP contribution < -0.4 is 5.32 Å². The number of likely N-dealkylation sites (tertiary alicyclic amines) is 1. The lowest BCUT2D eigenvalue weighted by Crippen LogP contribution is -2.41. The van der Waals surface area contributed by atoms with Gasteiger partial charge in [0, 0.05) is 30.4 Å². The van der Waals surface area contributed by atoms with Crippen LogP contribution in [-0.4, -0.2) is 46.8 Å². The van der Waals surface area contributed by atoms with E-state index < -0.39 is 11.6 Å². The summed E-state index contributed by atoms with van der Waals surface area (Å²) in [5.41, 5.74) is 2.84. The van der Waals surface area contributed by atoms with E-state index in [1.54, 1.807) is 4.68 Å². The van der Waals surface area contributed by atoms with E-state index in [0.717, 1.165) is 81.7 Å². The van der Waals surface area contributed by atoms with Crippen LogP contribution in [0.15, 0.2) is 18.2 Å². The minimum atomic E-state index is -0.907. The zero-order valence-electron chi connectivity index (χ0n) is 16.2. The zero-order chi connectivity index (χ0) is 19.7. The van der Waals surface area contributed by atoms with Gasteiger partial charge in [0.25, 0.3) is 5.91 Å². The maximum Gasteiger partial charge on any atom is 0.274 e. The Kier molecular flexibility index (Phi) is 5.44. The Hall–Kier alpha value is -2.28. The molecule has 1 N–H and O–H groups in total. The summed E-state index contributed by atoms with van der Waals surface area (Å²) in [6.07, 6.45) is 4.52. The first kappa shape index (κ1) is 19.1. The van der Waals surface area contributed by atoms with E-state index in [2.05, 4.69) is 17.3 Å². The number of piperidine rings is 1. The number of carbonyl (C=O) groups is 1. The molecule has 0 radical (unpaired) electrons. The number of carbonyl (C=O) groups excluding carboxylic acids is 1. The molecule has 1 aromatic heterocycles. The van der Waals surface area contributed by atoms with E-state index in [4.69, 9.17) is 0 Å². The summed E-state index contributed by atoms with van der Waals surface area (Å²) in [6.45, 7) is 5.54. The van der Waals surface area contributed by atoms with Gasteiger partial charge in [0.15, 0.2) is 17.3 Å². The van der Waals surface area contributed by atoms with Gasteiger partial charge < -0.3 is 10.2 Å². The molecule has 1 fully saturated rings. The topological polar surface area (TPSA) is 50.2 Å². The lowest BCUT2D eigenvalue weighted by atomic mass is 9.96. The fourth-order valence-corrected chi connectivity index (χ4v) is 4.28.